The third-order valence-corrected chi connectivity index (χ3v) is 16.6. The largest absolute Gasteiger partial charge is 0.495 e. The molecule has 0 aliphatic carbocycles. The van der Waals surface area contributed by atoms with Gasteiger partial charge in [0.1, 0.15) is 16.4 Å². The van der Waals surface area contributed by atoms with Gasteiger partial charge in [0.15, 0.2) is 10.3 Å². The number of nitrogens with zero attached hydrogens (tertiary/aromatic N) is 5. The Balaban J connectivity index is 1.37. The standard InChI is InChI=1S/C49H60N8O7S4/c1-6-8-10-12-34-14-20-38(21-15-34)49(68(51,61)62,56-28-26-55(3)27-29-56)46(58)57(42-30-36(18-24-43(42)63-4)40-32-65-47(50)52-40)48-53-41(33-66-48)37-19-25-44(64-5)45(31-37)67(59,60)54-39-22-16-35(17-23-39)13-11-9-7-2/h14-25,30-33,54H,6-13,26-29H2,1-5H3,(H2,50,52)(H2,51,61,62). The van der Waals surface area contributed by atoms with E-state index < -0.39 is 30.8 Å². The first-order valence-electron chi connectivity index (χ1n) is 22.7. The number of methoxy groups -OCH3 is 2. The molecule has 0 radical (unpaired) electrons. The maximum atomic E-state index is 16.3. The molecule has 7 rings (SSSR count). The van der Waals surface area contributed by atoms with E-state index >= 15 is 4.79 Å². The van der Waals surface area contributed by atoms with Gasteiger partial charge in [-0.05, 0) is 98.0 Å². The Labute approximate surface area is 408 Å². The Morgan fingerprint density at radius 3 is 1.87 bits per heavy atom. The number of aryl methyl sites for hydroxylation is 2. The molecule has 68 heavy (non-hydrogen) atoms. The van der Waals surface area contributed by atoms with Crippen LogP contribution in [0.25, 0.3) is 22.5 Å². The van der Waals surface area contributed by atoms with Gasteiger partial charge in [0.2, 0.25) is 14.9 Å². The van der Waals surface area contributed by atoms with Gasteiger partial charge in [0.05, 0.1) is 31.3 Å². The minimum Gasteiger partial charge on any atom is -0.495 e. The Morgan fingerprint density at radius 2 is 1.31 bits per heavy atom. The number of nitrogen functional groups attached to an aromatic ring is 1. The fourth-order valence-electron chi connectivity index (χ4n) is 8.47. The van der Waals surface area contributed by atoms with Gasteiger partial charge in [-0.1, -0.05) is 75.9 Å². The molecule has 362 valence electrons. The zero-order chi connectivity index (χ0) is 48.6. The lowest BCUT2D eigenvalue weighted by Gasteiger charge is -2.46. The van der Waals surface area contributed by atoms with Crippen molar-refractivity contribution in [2.24, 2.45) is 5.14 Å². The van der Waals surface area contributed by atoms with Crippen LogP contribution in [0.1, 0.15) is 69.1 Å². The van der Waals surface area contributed by atoms with Gasteiger partial charge in [-0.2, -0.15) is 0 Å². The highest BCUT2D eigenvalue weighted by Crippen LogP contribution is 2.46. The highest BCUT2D eigenvalue weighted by molar-refractivity contribution is 7.92. The summed E-state index contributed by atoms with van der Waals surface area (Å²) in [6, 6.07) is 24.2. The van der Waals surface area contributed by atoms with Crippen LogP contribution in [0.3, 0.4) is 0 Å². The number of amides is 1. The average molecular weight is 1000 g/mol. The van der Waals surface area contributed by atoms with Crippen molar-refractivity contribution < 1.29 is 31.1 Å². The predicted octanol–water partition coefficient (Wildman–Crippen LogP) is 8.85. The number of thiazole rings is 2. The topological polar surface area (TPSA) is 203 Å². The second kappa shape index (κ2) is 21.9. The molecule has 4 aromatic carbocycles. The zero-order valence-electron chi connectivity index (χ0n) is 39.1. The molecule has 15 nitrogen and oxygen atoms in total. The van der Waals surface area contributed by atoms with Crippen molar-refractivity contribution in [3.8, 4) is 34.0 Å². The predicted molar refractivity (Wildman–Crippen MR) is 274 cm³/mol. The summed E-state index contributed by atoms with van der Waals surface area (Å²) in [6.07, 6.45) is 8.01. The molecule has 1 fully saturated rings. The first-order valence-corrected chi connectivity index (χ1v) is 27.5. The zero-order valence-corrected chi connectivity index (χ0v) is 42.4. The average Bonchev–Trinajstić information content (AvgIpc) is 4.00. The van der Waals surface area contributed by atoms with Gasteiger partial charge >= 0.3 is 0 Å². The number of unbranched alkanes of at least 4 members (excludes halogenated alkanes) is 4. The number of primary sulfonamides is 1. The number of rotatable bonds is 21. The second-order valence-electron chi connectivity index (χ2n) is 16.9. The molecule has 1 atom stereocenters. The number of carbonyl (C=O) groups is 1. The third-order valence-electron chi connectivity index (χ3n) is 12.2. The van der Waals surface area contributed by atoms with Crippen molar-refractivity contribution in [2.75, 3.05) is 62.8 Å². The number of sulfonamides is 2. The highest BCUT2D eigenvalue weighted by atomic mass is 32.2. The number of hydrogen-bond donors (Lipinski definition) is 3. The number of benzene rings is 4. The van der Waals surface area contributed by atoms with Crippen molar-refractivity contribution in [3.05, 3.63) is 112 Å². The summed E-state index contributed by atoms with van der Waals surface area (Å²) in [5.41, 5.74) is 10.7. The van der Waals surface area contributed by atoms with Gasteiger partial charge in [-0.3, -0.25) is 14.4 Å². The van der Waals surface area contributed by atoms with E-state index in [0.29, 0.717) is 46.4 Å². The number of likely N-dealkylation sites (N-methyl/N-ethyl adjacent to an activating group) is 1. The first kappa shape index (κ1) is 50.5. The van der Waals surface area contributed by atoms with E-state index in [9.17, 15) is 16.8 Å². The maximum Gasteiger partial charge on any atom is 0.275 e. The fraction of sp³-hybridized carbons (Fsp3) is 0.367. The molecule has 1 aliphatic heterocycles. The molecule has 0 saturated carbocycles. The number of nitrogens with two attached hydrogens (primary N) is 2. The summed E-state index contributed by atoms with van der Waals surface area (Å²) in [6.45, 7) is 5.61. The van der Waals surface area contributed by atoms with Gasteiger partial charge < -0.3 is 20.1 Å². The summed E-state index contributed by atoms with van der Waals surface area (Å²) in [4.78, 5) is 28.1. The molecule has 19 heteroatoms. The minimum absolute atomic E-state index is 0.0638. The minimum atomic E-state index is -4.84. The molecule has 0 spiro atoms. The van der Waals surface area contributed by atoms with E-state index in [1.807, 2.05) is 31.3 Å². The summed E-state index contributed by atoms with van der Waals surface area (Å²) in [7, 11) is -4.26. The van der Waals surface area contributed by atoms with Crippen LogP contribution < -0.4 is 30.0 Å². The molecule has 1 saturated heterocycles. The van der Waals surface area contributed by atoms with E-state index in [-0.39, 0.29) is 45.9 Å². The molecular weight excluding hydrogens is 941 g/mol. The number of aromatic nitrogens is 2. The quantitative estimate of drug-likeness (QED) is 0.0579. The lowest BCUT2D eigenvalue weighted by molar-refractivity contribution is -0.126. The maximum absolute atomic E-state index is 16.3. The molecule has 5 N–H and O–H groups in total. The summed E-state index contributed by atoms with van der Waals surface area (Å²) in [5, 5.41) is 10.3. The van der Waals surface area contributed by atoms with E-state index in [0.717, 1.165) is 73.8 Å². The summed E-state index contributed by atoms with van der Waals surface area (Å²) in [5.74, 6) is -0.570. The number of piperazine rings is 1. The number of nitrogens with one attached hydrogen (secondary N) is 1. The van der Waals surface area contributed by atoms with Crippen LogP contribution in [0.2, 0.25) is 0 Å². The van der Waals surface area contributed by atoms with Gasteiger partial charge in [-0.15, -0.1) is 22.7 Å². The van der Waals surface area contributed by atoms with Crippen LogP contribution in [0.5, 0.6) is 11.5 Å². The summed E-state index contributed by atoms with van der Waals surface area (Å²) < 4.78 is 71.8. The Morgan fingerprint density at radius 1 is 0.750 bits per heavy atom. The monoisotopic (exact) mass is 1000 g/mol. The second-order valence-corrected chi connectivity index (χ2v) is 21.9. The number of ether oxygens (including phenoxy) is 2. The van der Waals surface area contributed by atoms with Crippen LogP contribution in [-0.2, 0) is 42.6 Å². The Hall–Kier alpha value is -5.41. The van der Waals surface area contributed by atoms with Crippen molar-refractivity contribution in [2.45, 2.75) is 75.0 Å². The van der Waals surface area contributed by atoms with Crippen LogP contribution in [0.4, 0.5) is 21.6 Å². The molecule has 1 amide bonds. The van der Waals surface area contributed by atoms with Crippen LogP contribution >= 0.6 is 22.7 Å². The van der Waals surface area contributed by atoms with Gasteiger partial charge in [0.25, 0.3) is 15.9 Å². The van der Waals surface area contributed by atoms with E-state index in [4.69, 9.17) is 25.3 Å². The van der Waals surface area contributed by atoms with Gasteiger partial charge in [0, 0.05) is 53.8 Å². The normalized spacial score (nSPS) is 14.6. The number of anilines is 4. The Bertz CT molecular complexity index is 2900. The summed E-state index contributed by atoms with van der Waals surface area (Å²) >= 11 is 2.31. The number of hydrogen-bond acceptors (Lipinski definition) is 14. The lowest BCUT2D eigenvalue weighted by atomic mass is 9.98. The molecule has 1 aliphatic rings. The van der Waals surface area contributed by atoms with Crippen LogP contribution in [-0.4, -0.2) is 90.0 Å². The Kier molecular flexibility index (Phi) is 16.3. The van der Waals surface area contributed by atoms with Crippen molar-refractivity contribution >= 4 is 70.3 Å². The first-order chi connectivity index (χ1) is 32.6. The van der Waals surface area contributed by atoms with Crippen molar-refractivity contribution in [1.29, 1.82) is 0 Å². The smallest absolute Gasteiger partial charge is 0.275 e. The van der Waals surface area contributed by atoms with Crippen molar-refractivity contribution in [3.63, 3.8) is 0 Å². The number of carbonyl (C=O) groups excluding carboxylic acids is 1. The molecule has 0 bridgehead atoms. The SMILES string of the molecule is CCCCCc1ccc(NS(=O)(=O)c2cc(-c3csc(N(C(=O)C(c4ccc(CCCCC)cc4)(N4CCN(C)CC4)S(N)(=O)=O)c4cc(-c5csc(N)n5)ccc4OC)n3)ccc2OC)cc1. The van der Waals surface area contributed by atoms with Gasteiger partial charge in [-0.25, -0.2) is 36.8 Å². The molecule has 2 aromatic heterocycles. The van der Waals surface area contributed by atoms with Crippen molar-refractivity contribution in [1.82, 2.24) is 19.8 Å². The lowest BCUT2D eigenvalue weighted by Crippen LogP contribution is -2.66. The molecule has 1 unspecified atom stereocenters. The van der Waals surface area contributed by atoms with Crippen LogP contribution in [0.15, 0.2) is 101 Å². The highest BCUT2D eigenvalue weighted by Gasteiger charge is 2.58. The van der Waals surface area contributed by atoms with E-state index in [1.165, 1.54) is 36.5 Å². The van der Waals surface area contributed by atoms with E-state index in [1.54, 1.807) is 70.3 Å². The van der Waals surface area contributed by atoms with E-state index in [2.05, 4.69) is 28.5 Å². The third kappa shape index (κ3) is 10.9. The molecule has 6 aromatic rings. The fourth-order valence-corrected chi connectivity index (χ4v) is 12.5. The molecule has 3 heterocycles. The van der Waals surface area contributed by atoms with Crippen LogP contribution in [0, 0.1) is 0 Å². The molecular formula is C49H60N8O7S4.